The molecule has 3 aromatic carbocycles. The minimum Gasteiger partial charge on any atom is -0.423 e. The number of halogens is 1. The second-order valence-electron chi connectivity index (χ2n) is 6.00. The van der Waals surface area contributed by atoms with Gasteiger partial charge >= 0.3 is 5.97 Å². The summed E-state index contributed by atoms with van der Waals surface area (Å²) in [7, 11) is 0. The van der Waals surface area contributed by atoms with E-state index in [9.17, 15) is 10.1 Å². The number of carbonyl (C=O) groups is 1. The fourth-order valence-corrected chi connectivity index (χ4v) is 2.59. The summed E-state index contributed by atoms with van der Waals surface area (Å²) >= 11 is 5.89. The van der Waals surface area contributed by atoms with Crippen LogP contribution < -0.4 is 4.74 Å². The number of allylic oxidation sites excluding steroid dienone is 1. The molecule has 0 saturated heterocycles. The van der Waals surface area contributed by atoms with E-state index in [1.54, 1.807) is 66.7 Å². The van der Waals surface area contributed by atoms with Crippen LogP contribution in [0.4, 0.5) is 0 Å². The zero-order valence-electron chi connectivity index (χ0n) is 14.6. The highest BCUT2D eigenvalue weighted by atomic mass is 35.5. The molecule has 3 nitrogen and oxygen atoms in total. The number of aryl methyl sites for hydroxylation is 1. The second-order valence-corrected chi connectivity index (χ2v) is 6.44. The SMILES string of the molecule is Cc1ccc(C(=O)Oc2ccc(/C=C(/C#N)c3ccc(Cl)cc3)cc2)cc1. The van der Waals surface area contributed by atoms with Gasteiger partial charge in [-0.3, -0.25) is 0 Å². The molecule has 0 spiro atoms. The summed E-state index contributed by atoms with van der Waals surface area (Å²) in [6.07, 6.45) is 1.77. The van der Waals surface area contributed by atoms with E-state index in [0.29, 0.717) is 21.9 Å². The summed E-state index contributed by atoms with van der Waals surface area (Å²) in [4.78, 5) is 12.2. The third-order valence-corrected chi connectivity index (χ3v) is 4.22. The molecule has 0 bridgehead atoms. The van der Waals surface area contributed by atoms with Crippen LogP contribution in [0.25, 0.3) is 11.6 Å². The average molecular weight is 374 g/mol. The molecule has 0 atom stereocenters. The number of hydrogen-bond acceptors (Lipinski definition) is 3. The molecule has 0 fully saturated rings. The molecule has 0 unspecified atom stereocenters. The van der Waals surface area contributed by atoms with Crippen LogP contribution in [0.15, 0.2) is 72.8 Å². The van der Waals surface area contributed by atoms with Crippen molar-refractivity contribution >= 4 is 29.2 Å². The number of carbonyl (C=O) groups excluding carboxylic acids is 1. The molecule has 0 aliphatic heterocycles. The molecule has 27 heavy (non-hydrogen) atoms. The average Bonchev–Trinajstić information content (AvgIpc) is 2.68. The number of esters is 1. The Morgan fingerprint density at radius 2 is 1.52 bits per heavy atom. The first-order chi connectivity index (χ1) is 13.0. The van der Waals surface area contributed by atoms with Gasteiger partial charge in [-0.2, -0.15) is 5.26 Å². The maximum Gasteiger partial charge on any atom is 0.343 e. The topological polar surface area (TPSA) is 50.1 Å². The molecule has 3 rings (SSSR count). The number of benzene rings is 3. The van der Waals surface area contributed by atoms with Gasteiger partial charge in [-0.25, -0.2) is 4.79 Å². The Morgan fingerprint density at radius 3 is 2.11 bits per heavy atom. The summed E-state index contributed by atoms with van der Waals surface area (Å²) < 4.78 is 5.39. The van der Waals surface area contributed by atoms with Crippen molar-refractivity contribution in [2.75, 3.05) is 0 Å². The normalized spacial score (nSPS) is 10.9. The quantitative estimate of drug-likeness (QED) is 0.246. The maximum atomic E-state index is 12.2. The van der Waals surface area contributed by atoms with E-state index in [-0.39, 0.29) is 0 Å². The van der Waals surface area contributed by atoms with Crippen molar-refractivity contribution < 1.29 is 9.53 Å². The van der Waals surface area contributed by atoms with Gasteiger partial charge in [0.2, 0.25) is 0 Å². The third kappa shape index (κ3) is 4.84. The lowest BCUT2D eigenvalue weighted by molar-refractivity contribution is 0.0735. The number of ether oxygens (including phenoxy) is 1. The highest BCUT2D eigenvalue weighted by molar-refractivity contribution is 6.30. The van der Waals surface area contributed by atoms with Crippen LogP contribution in [0, 0.1) is 18.3 Å². The Kier molecular flexibility index (Phi) is 5.71. The molecule has 132 valence electrons. The van der Waals surface area contributed by atoms with Crippen LogP contribution in [-0.2, 0) is 0 Å². The predicted octanol–water partition coefficient (Wildman–Crippen LogP) is 5.93. The van der Waals surface area contributed by atoms with E-state index in [4.69, 9.17) is 16.3 Å². The van der Waals surface area contributed by atoms with Gasteiger partial charge in [-0.15, -0.1) is 0 Å². The van der Waals surface area contributed by atoms with Gasteiger partial charge in [0, 0.05) is 5.02 Å². The Labute approximate surface area is 163 Å². The largest absolute Gasteiger partial charge is 0.423 e. The van der Waals surface area contributed by atoms with Crippen molar-refractivity contribution in [3.8, 4) is 11.8 Å². The Balaban J connectivity index is 1.74. The van der Waals surface area contributed by atoms with Crippen molar-refractivity contribution in [2.45, 2.75) is 6.92 Å². The van der Waals surface area contributed by atoms with Crippen LogP contribution in [-0.4, -0.2) is 5.97 Å². The van der Waals surface area contributed by atoms with Crippen molar-refractivity contribution in [3.05, 3.63) is 100 Å². The summed E-state index contributed by atoms with van der Waals surface area (Å²) in [5, 5.41) is 10.0. The maximum absolute atomic E-state index is 12.2. The summed E-state index contributed by atoms with van der Waals surface area (Å²) in [6.45, 7) is 1.96. The fourth-order valence-electron chi connectivity index (χ4n) is 2.46. The van der Waals surface area contributed by atoms with Crippen molar-refractivity contribution in [2.24, 2.45) is 0 Å². The molecule has 0 aliphatic rings. The highest BCUT2D eigenvalue weighted by Crippen LogP contribution is 2.21. The van der Waals surface area contributed by atoms with Gasteiger partial charge in [0.05, 0.1) is 17.2 Å². The molecule has 0 heterocycles. The van der Waals surface area contributed by atoms with Crippen molar-refractivity contribution in [1.82, 2.24) is 0 Å². The Bertz CT molecular complexity index is 1010. The van der Waals surface area contributed by atoms with Gasteiger partial charge in [0.25, 0.3) is 0 Å². The van der Waals surface area contributed by atoms with Crippen LogP contribution in [0.5, 0.6) is 5.75 Å². The molecule has 0 aromatic heterocycles. The molecule has 4 heteroatoms. The molecule has 0 amide bonds. The molecule has 0 radical (unpaired) electrons. The van der Waals surface area contributed by atoms with Gasteiger partial charge in [-0.05, 0) is 60.5 Å². The molecular weight excluding hydrogens is 358 g/mol. The molecular formula is C23H16ClNO2. The summed E-state index contributed by atoms with van der Waals surface area (Å²) in [5.74, 6) is 0.0416. The summed E-state index contributed by atoms with van der Waals surface area (Å²) in [6, 6.07) is 23.5. The Morgan fingerprint density at radius 1 is 0.926 bits per heavy atom. The van der Waals surface area contributed by atoms with Crippen LogP contribution in [0.2, 0.25) is 5.02 Å². The lowest BCUT2D eigenvalue weighted by Crippen LogP contribution is -2.08. The first-order valence-corrected chi connectivity index (χ1v) is 8.69. The van der Waals surface area contributed by atoms with E-state index in [0.717, 1.165) is 16.7 Å². The van der Waals surface area contributed by atoms with Gasteiger partial charge in [0.1, 0.15) is 5.75 Å². The molecule has 0 aliphatic carbocycles. The van der Waals surface area contributed by atoms with Crippen molar-refractivity contribution in [1.29, 1.82) is 5.26 Å². The van der Waals surface area contributed by atoms with Gasteiger partial charge < -0.3 is 4.74 Å². The number of hydrogen-bond donors (Lipinski definition) is 0. The monoisotopic (exact) mass is 373 g/mol. The van der Waals surface area contributed by atoms with E-state index in [1.807, 2.05) is 19.1 Å². The van der Waals surface area contributed by atoms with E-state index >= 15 is 0 Å². The van der Waals surface area contributed by atoms with Crippen LogP contribution >= 0.6 is 11.6 Å². The van der Waals surface area contributed by atoms with Gasteiger partial charge in [0.15, 0.2) is 0 Å². The molecule has 3 aromatic rings. The van der Waals surface area contributed by atoms with Gasteiger partial charge in [-0.1, -0.05) is 53.6 Å². The first kappa shape index (κ1) is 18.4. The minimum absolute atomic E-state index is 0.405. The van der Waals surface area contributed by atoms with Crippen molar-refractivity contribution in [3.63, 3.8) is 0 Å². The third-order valence-electron chi connectivity index (χ3n) is 3.96. The smallest absolute Gasteiger partial charge is 0.343 e. The minimum atomic E-state index is -0.405. The zero-order valence-corrected chi connectivity index (χ0v) is 15.4. The number of rotatable bonds is 4. The summed E-state index contributed by atoms with van der Waals surface area (Å²) in [5.41, 5.74) is 3.72. The van der Waals surface area contributed by atoms with Crippen LogP contribution in [0.3, 0.4) is 0 Å². The second kappa shape index (κ2) is 8.35. The van der Waals surface area contributed by atoms with E-state index in [2.05, 4.69) is 6.07 Å². The number of nitrogens with zero attached hydrogens (tertiary/aromatic N) is 1. The fraction of sp³-hybridized carbons (Fsp3) is 0.0435. The first-order valence-electron chi connectivity index (χ1n) is 8.32. The Hall–Kier alpha value is -3.35. The molecule has 0 N–H and O–H groups in total. The number of nitriles is 1. The lowest BCUT2D eigenvalue weighted by Gasteiger charge is -2.05. The van der Waals surface area contributed by atoms with Crippen LogP contribution in [0.1, 0.15) is 27.0 Å². The highest BCUT2D eigenvalue weighted by Gasteiger charge is 2.08. The zero-order chi connectivity index (χ0) is 19.2. The van der Waals surface area contributed by atoms with E-state index in [1.165, 1.54) is 0 Å². The predicted molar refractivity (Wildman–Crippen MR) is 108 cm³/mol. The molecule has 0 saturated carbocycles. The standard InChI is InChI=1S/C23H16ClNO2/c1-16-2-6-19(7-3-16)23(26)27-22-12-4-17(5-13-22)14-20(15-25)18-8-10-21(24)11-9-18/h2-14H,1H3/b20-14-. The van der Waals surface area contributed by atoms with E-state index < -0.39 is 5.97 Å². The lowest BCUT2D eigenvalue weighted by atomic mass is 10.0.